The van der Waals surface area contributed by atoms with Gasteiger partial charge < -0.3 is 15.2 Å². The van der Waals surface area contributed by atoms with Crippen molar-refractivity contribution in [1.82, 2.24) is 24.4 Å². The number of nitrogen functional groups attached to an aromatic ring is 1. The molecule has 0 bridgehead atoms. The van der Waals surface area contributed by atoms with Gasteiger partial charge in [0, 0.05) is 51.2 Å². The summed E-state index contributed by atoms with van der Waals surface area (Å²) in [6, 6.07) is 10.7. The van der Waals surface area contributed by atoms with Crippen molar-refractivity contribution >= 4 is 11.6 Å². The number of anilines is 2. The van der Waals surface area contributed by atoms with Gasteiger partial charge in [-0.3, -0.25) is 4.90 Å². The van der Waals surface area contributed by atoms with Gasteiger partial charge in [0.25, 0.3) is 0 Å². The minimum atomic E-state index is 0.143. The average molecular weight is 363 g/mol. The van der Waals surface area contributed by atoms with Gasteiger partial charge in [0.2, 0.25) is 0 Å². The van der Waals surface area contributed by atoms with E-state index in [1.165, 1.54) is 5.56 Å². The zero-order valence-electron chi connectivity index (χ0n) is 15.8. The molecular weight excluding hydrogens is 338 g/mol. The van der Waals surface area contributed by atoms with E-state index in [-0.39, 0.29) is 6.04 Å². The van der Waals surface area contributed by atoms with Crippen LogP contribution in [-0.4, -0.2) is 50.6 Å². The van der Waals surface area contributed by atoms with Crippen LogP contribution in [0.25, 0.3) is 0 Å². The predicted octanol–water partition coefficient (Wildman–Crippen LogP) is 2.01. The topological polar surface area (TPSA) is 76.1 Å². The lowest BCUT2D eigenvalue weighted by Crippen LogP contribution is -2.48. The lowest BCUT2D eigenvalue weighted by Gasteiger charge is -2.40. The molecule has 7 nitrogen and oxygen atoms in total. The number of benzene rings is 1. The molecule has 1 atom stereocenters. The van der Waals surface area contributed by atoms with Crippen molar-refractivity contribution in [3.05, 3.63) is 66.0 Å². The molecular formula is C20H25N7. The van der Waals surface area contributed by atoms with Crippen molar-refractivity contribution in [2.24, 2.45) is 7.05 Å². The molecule has 1 saturated heterocycles. The minimum Gasteiger partial charge on any atom is -0.383 e. The molecule has 1 aliphatic rings. The molecule has 3 heterocycles. The van der Waals surface area contributed by atoms with Gasteiger partial charge in [0.1, 0.15) is 23.8 Å². The van der Waals surface area contributed by atoms with Crippen molar-refractivity contribution in [2.75, 3.05) is 36.8 Å². The first-order chi connectivity index (χ1) is 13.1. The summed E-state index contributed by atoms with van der Waals surface area (Å²) in [5.74, 6) is 2.56. The molecule has 1 unspecified atom stereocenters. The molecule has 3 aromatic rings. The molecule has 0 aliphatic carbocycles. The molecule has 1 aromatic carbocycles. The number of rotatable bonds is 4. The Kier molecular flexibility index (Phi) is 4.77. The Bertz CT molecular complexity index is 898. The molecule has 0 amide bonds. The van der Waals surface area contributed by atoms with Gasteiger partial charge in [0.05, 0.1) is 6.04 Å². The van der Waals surface area contributed by atoms with E-state index in [9.17, 15) is 0 Å². The highest BCUT2D eigenvalue weighted by Crippen LogP contribution is 2.29. The van der Waals surface area contributed by atoms with Crippen LogP contribution in [-0.2, 0) is 7.05 Å². The highest BCUT2D eigenvalue weighted by molar-refractivity contribution is 5.55. The lowest BCUT2D eigenvalue weighted by atomic mass is 10.0. The highest BCUT2D eigenvalue weighted by atomic mass is 15.3. The predicted molar refractivity (Wildman–Crippen MR) is 106 cm³/mol. The number of hydrogen-bond donors (Lipinski definition) is 1. The van der Waals surface area contributed by atoms with Gasteiger partial charge in [-0.25, -0.2) is 15.0 Å². The molecule has 0 saturated carbocycles. The Hall–Kier alpha value is -2.93. The first kappa shape index (κ1) is 17.5. The van der Waals surface area contributed by atoms with E-state index in [4.69, 9.17) is 5.73 Å². The third kappa shape index (κ3) is 3.38. The fourth-order valence-corrected chi connectivity index (χ4v) is 3.76. The number of nitrogens with zero attached hydrogens (tertiary/aromatic N) is 6. The number of hydrogen-bond acceptors (Lipinski definition) is 6. The minimum absolute atomic E-state index is 0.143. The summed E-state index contributed by atoms with van der Waals surface area (Å²) in [6.45, 7) is 5.62. The van der Waals surface area contributed by atoms with Crippen molar-refractivity contribution in [3.63, 3.8) is 0 Å². The van der Waals surface area contributed by atoms with Crippen LogP contribution >= 0.6 is 0 Å². The number of imidazole rings is 1. The fraction of sp³-hybridized carbons (Fsp3) is 0.350. The van der Waals surface area contributed by atoms with Crippen LogP contribution < -0.4 is 10.6 Å². The summed E-state index contributed by atoms with van der Waals surface area (Å²) >= 11 is 0. The maximum absolute atomic E-state index is 5.96. The molecule has 2 N–H and O–H groups in total. The number of piperazine rings is 1. The van der Waals surface area contributed by atoms with Crippen LogP contribution in [0.4, 0.5) is 11.6 Å². The van der Waals surface area contributed by atoms with Crippen LogP contribution in [0, 0.1) is 6.92 Å². The third-order valence-electron chi connectivity index (χ3n) is 5.29. The first-order valence-corrected chi connectivity index (χ1v) is 9.23. The van der Waals surface area contributed by atoms with Crippen LogP contribution in [0.2, 0.25) is 0 Å². The van der Waals surface area contributed by atoms with Gasteiger partial charge in [-0.2, -0.15) is 0 Å². The Labute approximate surface area is 159 Å². The van der Waals surface area contributed by atoms with E-state index in [1.807, 2.05) is 19.3 Å². The van der Waals surface area contributed by atoms with Gasteiger partial charge in [-0.1, -0.05) is 30.3 Å². The lowest BCUT2D eigenvalue weighted by molar-refractivity contribution is 0.203. The third-order valence-corrected chi connectivity index (χ3v) is 5.29. The number of aromatic nitrogens is 4. The first-order valence-electron chi connectivity index (χ1n) is 9.23. The Morgan fingerprint density at radius 3 is 2.41 bits per heavy atom. The zero-order valence-corrected chi connectivity index (χ0v) is 15.8. The number of nitrogens with two attached hydrogens (primary N) is 1. The monoisotopic (exact) mass is 363 g/mol. The molecule has 0 spiro atoms. The SMILES string of the molecule is Cc1c(N)ncnc1N1CCN(C(c2ccccc2)c2nccn2C)CC1. The smallest absolute Gasteiger partial charge is 0.137 e. The van der Waals surface area contributed by atoms with Crippen LogP contribution in [0.1, 0.15) is 23.0 Å². The Morgan fingerprint density at radius 1 is 1.00 bits per heavy atom. The summed E-state index contributed by atoms with van der Waals surface area (Å²) in [5.41, 5.74) is 8.18. The Morgan fingerprint density at radius 2 is 1.74 bits per heavy atom. The molecule has 2 aromatic heterocycles. The Balaban J connectivity index is 1.57. The van der Waals surface area contributed by atoms with E-state index >= 15 is 0 Å². The highest BCUT2D eigenvalue weighted by Gasteiger charge is 2.29. The second kappa shape index (κ2) is 7.36. The molecule has 140 valence electrons. The van der Waals surface area contributed by atoms with E-state index < -0.39 is 0 Å². The van der Waals surface area contributed by atoms with Gasteiger partial charge >= 0.3 is 0 Å². The van der Waals surface area contributed by atoms with Crippen LogP contribution in [0.15, 0.2) is 49.1 Å². The van der Waals surface area contributed by atoms with Crippen molar-refractivity contribution in [1.29, 1.82) is 0 Å². The second-order valence-electron chi connectivity index (χ2n) is 6.94. The fourth-order valence-electron chi connectivity index (χ4n) is 3.76. The van der Waals surface area contributed by atoms with Gasteiger partial charge in [0.15, 0.2) is 0 Å². The van der Waals surface area contributed by atoms with Crippen LogP contribution in [0.5, 0.6) is 0 Å². The van der Waals surface area contributed by atoms with Crippen molar-refractivity contribution in [3.8, 4) is 0 Å². The summed E-state index contributed by atoms with van der Waals surface area (Å²) in [5, 5.41) is 0. The summed E-state index contributed by atoms with van der Waals surface area (Å²) < 4.78 is 2.11. The summed E-state index contributed by atoms with van der Waals surface area (Å²) in [4.78, 5) is 18.0. The van der Waals surface area contributed by atoms with Crippen molar-refractivity contribution < 1.29 is 0 Å². The maximum atomic E-state index is 5.96. The van der Waals surface area contributed by atoms with Crippen LogP contribution in [0.3, 0.4) is 0 Å². The zero-order chi connectivity index (χ0) is 18.8. The van der Waals surface area contributed by atoms with Gasteiger partial charge in [-0.15, -0.1) is 0 Å². The molecule has 27 heavy (non-hydrogen) atoms. The maximum Gasteiger partial charge on any atom is 0.137 e. The van der Waals surface area contributed by atoms with E-state index in [2.05, 4.69) is 66.7 Å². The second-order valence-corrected chi connectivity index (χ2v) is 6.94. The van der Waals surface area contributed by atoms with Gasteiger partial charge in [-0.05, 0) is 12.5 Å². The molecule has 1 fully saturated rings. The van der Waals surface area contributed by atoms with Crippen molar-refractivity contribution in [2.45, 2.75) is 13.0 Å². The standard InChI is InChI=1S/C20H25N7/c1-15-18(21)23-14-24-19(15)27-12-10-26(11-13-27)17(16-6-4-3-5-7-16)20-22-8-9-25(20)2/h3-9,14,17H,10-13H2,1-2H3,(H2,21,23,24). The van der Waals surface area contributed by atoms with E-state index in [0.29, 0.717) is 5.82 Å². The molecule has 4 rings (SSSR count). The quantitative estimate of drug-likeness (QED) is 0.764. The molecule has 1 aliphatic heterocycles. The summed E-state index contributed by atoms with van der Waals surface area (Å²) in [7, 11) is 2.06. The average Bonchev–Trinajstić information content (AvgIpc) is 3.11. The number of aryl methyl sites for hydroxylation is 1. The normalized spacial score (nSPS) is 16.4. The molecule has 7 heteroatoms. The van der Waals surface area contributed by atoms with E-state index in [1.54, 1.807) is 6.33 Å². The largest absolute Gasteiger partial charge is 0.383 e. The molecule has 0 radical (unpaired) electrons. The summed E-state index contributed by atoms with van der Waals surface area (Å²) in [6.07, 6.45) is 5.42. The van der Waals surface area contributed by atoms with E-state index in [0.717, 1.165) is 43.4 Å².